The molecule has 0 aliphatic rings. The minimum Gasteiger partial charge on any atom is -0.486 e. The number of aromatic nitrogens is 2. The second kappa shape index (κ2) is 9.09. The summed E-state index contributed by atoms with van der Waals surface area (Å²) < 4.78 is 19.2. The van der Waals surface area contributed by atoms with Crippen molar-refractivity contribution in [3.8, 4) is 5.75 Å². The monoisotopic (exact) mass is 386 g/mol. The van der Waals surface area contributed by atoms with Crippen molar-refractivity contribution in [1.29, 1.82) is 0 Å². The maximum atomic E-state index is 13.5. The van der Waals surface area contributed by atoms with Gasteiger partial charge in [-0.1, -0.05) is 48.9 Å². The first-order valence-electron chi connectivity index (χ1n) is 8.50. The van der Waals surface area contributed by atoms with Crippen LogP contribution in [0, 0.1) is 5.82 Å². The van der Waals surface area contributed by atoms with Crippen LogP contribution in [0.1, 0.15) is 23.9 Å². The van der Waals surface area contributed by atoms with Crippen LogP contribution in [0.4, 0.5) is 20.0 Å². The number of ether oxygens (including phenoxy) is 1. The lowest BCUT2D eigenvalue weighted by molar-refractivity contribution is 0.262. The molecule has 27 heavy (non-hydrogen) atoms. The Bertz CT molecular complexity index is 899. The number of halogens is 1. The quantitative estimate of drug-likeness (QED) is 0.608. The van der Waals surface area contributed by atoms with Crippen molar-refractivity contribution in [2.75, 3.05) is 10.6 Å². The molecule has 3 aromatic rings. The fourth-order valence-electron chi connectivity index (χ4n) is 2.36. The number of benzene rings is 2. The summed E-state index contributed by atoms with van der Waals surface area (Å²) in [5.74, 6) is 0.237. The van der Waals surface area contributed by atoms with Crippen molar-refractivity contribution in [2.45, 2.75) is 26.4 Å². The topological polar surface area (TPSA) is 76.1 Å². The van der Waals surface area contributed by atoms with E-state index in [1.807, 2.05) is 24.3 Å². The minimum absolute atomic E-state index is 0.0922. The maximum absolute atomic E-state index is 13.5. The van der Waals surface area contributed by atoms with Crippen LogP contribution in [0.5, 0.6) is 5.75 Å². The van der Waals surface area contributed by atoms with E-state index in [9.17, 15) is 9.18 Å². The number of carbonyl (C=O) groups excluding carboxylic acids is 1. The number of aryl methyl sites for hydroxylation is 1. The first kappa shape index (κ1) is 18.8. The van der Waals surface area contributed by atoms with Gasteiger partial charge in [0.1, 0.15) is 18.2 Å². The average molecular weight is 386 g/mol. The zero-order valence-corrected chi connectivity index (χ0v) is 15.6. The van der Waals surface area contributed by atoms with E-state index in [1.54, 1.807) is 12.1 Å². The molecule has 0 bridgehead atoms. The second-order valence-corrected chi connectivity index (χ2v) is 6.80. The van der Waals surface area contributed by atoms with Crippen LogP contribution in [-0.2, 0) is 13.0 Å². The van der Waals surface area contributed by atoms with E-state index in [1.165, 1.54) is 29.0 Å². The van der Waals surface area contributed by atoms with Gasteiger partial charge in [-0.25, -0.2) is 9.18 Å². The van der Waals surface area contributed by atoms with Gasteiger partial charge in [-0.2, -0.15) is 0 Å². The molecule has 0 aliphatic heterocycles. The lowest BCUT2D eigenvalue weighted by Gasteiger charge is -2.05. The van der Waals surface area contributed by atoms with Gasteiger partial charge in [0, 0.05) is 0 Å². The van der Waals surface area contributed by atoms with Crippen molar-refractivity contribution >= 4 is 28.2 Å². The fourth-order valence-corrected chi connectivity index (χ4v) is 3.01. The molecule has 2 aromatic carbocycles. The molecule has 0 saturated carbocycles. The number of urea groups is 1. The highest BCUT2D eigenvalue weighted by atomic mass is 32.1. The zero-order chi connectivity index (χ0) is 19.1. The van der Waals surface area contributed by atoms with E-state index < -0.39 is 11.8 Å². The number of hydrogen-bond acceptors (Lipinski definition) is 5. The van der Waals surface area contributed by atoms with E-state index in [0.717, 1.165) is 18.6 Å². The fraction of sp³-hybridized carbons (Fsp3) is 0.211. The first-order valence-corrected chi connectivity index (χ1v) is 9.32. The van der Waals surface area contributed by atoms with E-state index in [0.29, 0.717) is 10.1 Å². The SMILES string of the molecule is CCCc1ccc(OCc2nnc(NC(=O)Nc3ccccc3F)s2)cc1. The normalized spacial score (nSPS) is 10.4. The van der Waals surface area contributed by atoms with Crippen LogP contribution < -0.4 is 15.4 Å². The van der Waals surface area contributed by atoms with Crippen LogP contribution in [0.25, 0.3) is 0 Å². The van der Waals surface area contributed by atoms with Crippen molar-refractivity contribution in [2.24, 2.45) is 0 Å². The molecule has 0 fully saturated rings. The molecule has 2 N–H and O–H groups in total. The standard InChI is InChI=1S/C19H19FN4O2S/c1-2-5-13-8-10-14(11-9-13)26-12-17-23-24-19(27-17)22-18(25)21-16-7-4-3-6-15(16)20/h3-4,6-11H,2,5,12H2,1H3,(H2,21,22,24,25). The molecule has 2 amide bonds. The van der Waals surface area contributed by atoms with Crippen molar-refractivity contribution in [3.05, 3.63) is 64.9 Å². The molecule has 0 radical (unpaired) electrons. The summed E-state index contributed by atoms with van der Waals surface area (Å²) in [4.78, 5) is 11.9. The van der Waals surface area contributed by atoms with E-state index in [4.69, 9.17) is 4.74 Å². The van der Waals surface area contributed by atoms with Crippen LogP contribution in [0.3, 0.4) is 0 Å². The highest BCUT2D eigenvalue weighted by Crippen LogP contribution is 2.20. The Morgan fingerprint density at radius 1 is 1.11 bits per heavy atom. The number of anilines is 2. The molecule has 1 heterocycles. The summed E-state index contributed by atoms with van der Waals surface area (Å²) in [6, 6.07) is 13.3. The molecule has 1 aromatic heterocycles. The predicted octanol–water partition coefficient (Wildman–Crippen LogP) is 4.85. The Labute approximate surface area is 160 Å². The largest absolute Gasteiger partial charge is 0.486 e. The molecule has 6 nitrogen and oxygen atoms in total. The molecule has 0 aliphatic carbocycles. The smallest absolute Gasteiger partial charge is 0.325 e. The van der Waals surface area contributed by atoms with E-state index >= 15 is 0 Å². The molecule has 8 heteroatoms. The lowest BCUT2D eigenvalue weighted by Crippen LogP contribution is -2.19. The second-order valence-electron chi connectivity index (χ2n) is 5.74. The van der Waals surface area contributed by atoms with Crippen LogP contribution >= 0.6 is 11.3 Å². The number of amides is 2. The third-order valence-electron chi connectivity index (χ3n) is 3.63. The summed E-state index contributed by atoms with van der Waals surface area (Å²) in [6.07, 6.45) is 2.14. The number of carbonyl (C=O) groups is 1. The molecular formula is C19H19FN4O2S. The third kappa shape index (κ3) is 5.49. The number of hydrogen-bond donors (Lipinski definition) is 2. The molecule has 140 valence electrons. The van der Waals surface area contributed by atoms with E-state index in [2.05, 4.69) is 27.8 Å². The highest BCUT2D eigenvalue weighted by Gasteiger charge is 2.10. The summed E-state index contributed by atoms with van der Waals surface area (Å²) in [7, 11) is 0. The van der Waals surface area contributed by atoms with Gasteiger partial charge in [-0.3, -0.25) is 5.32 Å². The van der Waals surface area contributed by atoms with Gasteiger partial charge in [-0.05, 0) is 36.2 Å². The Morgan fingerprint density at radius 2 is 1.89 bits per heavy atom. The highest BCUT2D eigenvalue weighted by molar-refractivity contribution is 7.15. The summed E-state index contributed by atoms with van der Waals surface area (Å²) in [6.45, 7) is 2.39. The number of rotatable bonds is 7. The molecule has 0 spiro atoms. The van der Waals surface area contributed by atoms with Crippen molar-refractivity contribution in [3.63, 3.8) is 0 Å². The Kier molecular flexibility index (Phi) is 6.32. The molecule has 0 atom stereocenters. The Morgan fingerprint density at radius 3 is 2.63 bits per heavy atom. The molecule has 0 unspecified atom stereocenters. The average Bonchev–Trinajstić information content (AvgIpc) is 3.10. The number of nitrogens with zero attached hydrogens (tertiary/aromatic N) is 2. The van der Waals surface area contributed by atoms with Gasteiger partial charge in [0.2, 0.25) is 5.13 Å². The first-order chi connectivity index (χ1) is 13.1. The van der Waals surface area contributed by atoms with Gasteiger partial charge < -0.3 is 10.1 Å². The van der Waals surface area contributed by atoms with Crippen LogP contribution in [0.15, 0.2) is 48.5 Å². The van der Waals surface area contributed by atoms with Crippen LogP contribution in [-0.4, -0.2) is 16.2 Å². The predicted molar refractivity (Wildman–Crippen MR) is 104 cm³/mol. The van der Waals surface area contributed by atoms with Gasteiger partial charge in [-0.15, -0.1) is 10.2 Å². The summed E-state index contributed by atoms with van der Waals surface area (Å²) in [5, 5.41) is 13.8. The molecular weight excluding hydrogens is 367 g/mol. The van der Waals surface area contributed by atoms with Crippen molar-refractivity contribution in [1.82, 2.24) is 10.2 Å². The lowest BCUT2D eigenvalue weighted by atomic mass is 10.1. The van der Waals surface area contributed by atoms with Gasteiger partial charge in [0.25, 0.3) is 0 Å². The third-order valence-corrected chi connectivity index (χ3v) is 4.45. The Balaban J connectivity index is 1.50. The zero-order valence-electron chi connectivity index (χ0n) is 14.7. The van der Waals surface area contributed by atoms with Gasteiger partial charge in [0.05, 0.1) is 5.69 Å². The maximum Gasteiger partial charge on any atom is 0.325 e. The summed E-state index contributed by atoms with van der Waals surface area (Å²) >= 11 is 1.19. The van der Waals surface area contributed by atoms with Crippen molar-refractivity contribution < 1.29 is 13.9 Å². The minimum atomic E-state index is -0.588. The summed E-state index contributed by atoms with van der Waals surface area (Å²) in [5.41, 5.74) is 1.36. The number of para-hydroxylation sites is 1. The molecule has 3 rings (SSSR count). The number of nitrogens with one attached hydrogen (secondary N) is 2. The van der Waals surface area contributed by atoms with Gasteiger partial charge >= 0.3 is 6.03 Å². The Hall–Kier alpha value is -3.00. The van der Waals surface area contributed by atoms with Crippen LogP contribution in [0.2, 0.25) is 0 Å². The molecule has 0 saturated heterocycles. The van der Waals surface area contributed by atoms with Gasteiger partial charge in [0.15, 0.2) is 5.01 Å². The van der Waals surface area contributed by atoms with E-state index in [-0.39, 0.29) is 12.3 Å².